The van der Waals surface area contributed by atoms with Crippen molar-refractivity contribution >= 4 is 43.1 Å². The van der Waals surface area contributed by atoms with Crippen molar-refractivity contribution in [3.63, 3.8) is 0 Å². The fourth-order valence-electron chi connectivity index (χ4n) is 5.28. The topological polar surface area (TPSA) is 0 Å². The molecule has 9 rings (SSSR count). The molecule has 0 radical (unpaired) electrons. The van der Waals surface area contributed by atoms with Crippen molar-refractivity contribution in [1.82, 2.24) is 0 Å². The van der Waals surface area contributed by atoms with Crippen LogP contribution in [0.4, 0.5) is 0 Å². The van der Waals surface area contributed by atoms with Gasteiger partial charge in [-0.25, -0.2) is 0 Å². The maximum atomic E-state index is 10.1. The summed E-state index contributed by atoms with van der Waals surface area (Å²) in [4.78, 5) is 0. The Kier molecular flexibility index (Phi) is 2.37. The second-order valence-electron chi connectivity index (χ2n) is 9.75. The standard InChI is InChI=1S/C46H30/c1-2-14-34(15-3-1)46-42-21-9-8-20-41(42)45(35-26-24-33(25-27-35)39-22-10-16-31-12-4-6-18-37(31)39)43-29-28-36(30-44(43)46)40-23-11-17-32-13-5-7-19-38(32)40/h1-30H/i1D,2D,3D,4D,5D,6D,7D,8D,9D,10D,11D,12D,13D,14D,15D,16D,17D,18D,19D,20D,21D,22D,23D,24D,25D,26D,27D,28D,29D,30D. The first-order valence-corrected chi connectivity index (χ1v) is 13.5. The van der Waals surface area contributed by atoms with Gasteiger partial charge in [0.1, 0.15) is 0 Å². The number of hydrogen-bond acceptors (Lipinski definition) is 0. The summed E-state index contributed by atoms with van der Waals surface area (Å²) in [6.07, 6.45) is 0. The van der Waals surface area contributed by atoms with Crippen molar-refractivity contribution in [1.29, 1.82) is 0 Å². The Morgan fingerprint density at radius 3 is 1.30 bits per heavy atom. The van der Waals surface area contributed by atoms with Gasteiger partial charge in [0.15, 0.2) is 0 Å². The molecule has 0 amide bonds. The van der Waals surface area contributed by atoms with Crippen molar-refractivity contribution in [3.8, 4) is 44.5 Å². The van der Waals surface area contributed by atoms with E-state index in [0.717, 1.165) is 0 Å². The van der Waals surface area contributed by atoms with Gasteiger partial charge in [-0.05, 0) is 93.6 Å². The number of rotatable bonds is 4. The maximum Gasteiger partial charge on any atom is 0.0636 e. The smallest absolute Gasteiger partial charge is 0.0622 e. The normalized spacial score (nSPS) is 20.6. The fourth-order valence-corrected chi connectivity index (χ4v) is 5.28. The van der Waals surface area contributed by atoms with Gasteiger partial charge in [0.05, 0.1) is 41.1 Å². The molecule has 0 heterocycles. The van der Waals surface area contributed by atoms with E-state index in [-0.39, 0.29) is 0 Å². The van der Waals surface area contributed by atoms with Crippen LogP contribution in [-0.4, -0.2) is 0 Å². The summed E-state index contributed by atoms with van der Waals surface area (Å²) < 4.78 is 270. The van der Waals surface area contributed by atoms with Crippen molar-refractivity contribution < 1.29 is 41.1 Å². The van der Waals surface area contributed by atoms with Gasteiger partial charge < -0.3 is 0 Å². The molecule has 0 N–H and O–H groups in total. The van der Waals surface area contributed by atoms with Crippen LogP contribution in [0.1, 0.15) is 41.1 Å². The fraction of sp³-hybridized carbons (Fsp3) is 0. The van der Waals surface area contributed by atoms with Crippen molar-refractivity contribution in [2.75, 3.05) is 0 Å². The van der Waals surface area contributed by atoms with E-state index in [1.165, 1.54) is 0 Å². The zero-order chi connectivity index (χ0) is 56.6. The van der Waals surface area contributed by atoms with Gasteiger partial charge in [-0.1, -0.05) is 175 Å². The number of fused-ring (bicyclic) bond motifs is 4. The monoisotopic (exact) mass is 612 g/mol. The molecule has 0 nitrogen and oxygen atoms in total. The molecule has 0 aliphatic heterocycles. The molecular weight excluding hydrogens is 553 g/mol. The highest BCUT2D eigenvalue weighted by atomic mass is 14.2. The predicted octanol–water partition coefficient (Wildman–Crippen LogP) is 13.0. The number of hydrogen-bond donors (Lipinski definition) is 0. The molecule has 0 bridgehead atoms. The minimum Gasteiger partial charge on any atom is -0.0622 e. The van der Waals surface area contributed by atoms with Gasteiger partial charge in [-0.3, -0.25) is 0 Å². The lowest BCUT2D eigenvalue weighted by Gasteiger charge is -2.19. The van der Waals surface area contributed by atoms with E-state index in [9.17, 15) is 12.3 Å². The minimum atomic E-state index is -1.17. The summed E-state index contributed by atoms with van der Waals surface area (Å²) >= 11 is 0. The van der Waals surface area contributed by atoms with Crippen LogP contribution in [0.25, 0.3) is 87.6 Å². The Bertz CT molecular complexity index is 4200. The van der Waals surface area contributed by atoms with E-state index in [2.05, 4.69) is 0 Å². The first kappa shape index (κ1) is 10.0. The highest BCUT2D eigenvalue weighted by molar-refractivity contribution is 6.22. The van der Waals surface area contributed by atoms with Gasteiger partial charge in [0.25, 0.3) is 0 Å². The summed E-state index contributed by atoms with van der Waals surface area (Å²) in [5.74, 6) is 0. The predicted molar refractivity (Wildman–Crippen MR) is 198 cm³/mol. The van der Waals surface area contributed by atoms with Crippen LogP contribution >= 0.6 is 0 Å². The van der Waals surface area contributed by atoms with Crippen molar-refractivity contribution in [2.45, 2.75) is 0 Å². The van der Waals surface area contributed by atoms with Gasteiger partial charge in [0.2, 0.25) is 0 Å². The summed E-state index contributed by atoms with van der Waals surface area (Å²) in [5.41, 5.74) is -6.87. The first-order valence-electron chi connectivity index (χ1n) is 28.5. The van der Waals surface area contributed by atoms with E-state index in [0.29, 0.717) is 0 Å². The SMILES string of the molecule is [2H]c1c([2H])c([2H])c(-c2c3c([2H])c([2H])c([2H])c([2H])c3c(-c3c([2H])c([2H])c(-c4c([2H])c([2H])c([2H])c5c([2H])c([2H])c([2H])c([2H])c45)c([2H])c3[2H])c3c([2H])c([2H])c(-c4c([2H])c([2H])c([2H])c5c([2H])c([2H])c([2H])c([2H])c45)c([2H])c23)c([2H])c1[2H]. The lowest BCUT2D eigenvalue weighted by atomic mass is 9.84. The molecule has 0 fully saturated rings. The van der Waals surface area contributed by atoms with E-state index in [1.54, 1.807) is 0 Å². The molecule has 0 spiro atoms. The third-order valence-electron chi connectivity index (χ3n) is 7.25. The van der Waals surface area contributed by atoms with E-state index >= 15 is 0 Å². The quantitative estimate of drug-likeness (QED) is 0.173. The summed E-state index contributed by atoms with van der Waals surface area (Å²) in [7, 11) is 0. The first-order chi connectivity index (χ1) is 35.3. The zero-order valence-electron chi connectivity index (χ0n) is 53.0. The molecule has 0 saturated carbocycles. The minimum absolute atomic E-state index is 0.617. The van der Waals surface area contributed by atoms with Gasteiger partial charge >= 0.3 is 0 Å². The summed E-state index contributed by atoms with van der Waals surface area (Å²) in [5, 5.41) is -6.02. The van der Waals surface area contributed by atoms with Gasteiger partial charge in [-0.2, -0.15) is 0 Å². The van der Waals surface area contributed by atoms with Crippen molar-refractivity contribution in [2.24, 2.45) is 0 Å². The van der Waals surface area contributed by atoms with E-state index < -0.39 is 269 Å². The average Bonchev–Trinajstić information content (AvgIpc) is 3.40. The molecule has 0 aromatic heterocycles. The summed E-state index contributed by atoms with van der Waals surface area (Å²) in [6, 6.07) is -30.1. The van der Waals surface area contributed by atoms with Crippen LogP contribution in [0, 0.1) is 0 Å². The lowest BCUT2D eigenvalue weighted by Crippen LogP contribution is -1.92. The van der Waals surface area contributed by atoms with Crippen molar-refractivity contribution in [3.05, 3.63) is 181 Å². The molecule has 9 aromatic carbocycles. The van der Waals surface area contributed by atoms with Crippen LogP contribution in [0.2, 0.25) is 0 Å². The zero-order valence-corrected chi connectivity index (χ0v) is 23.0. The Labute approximate surface area is 311 Å². The summed E-state index contributed by atoms with van der Waals surface area (Å²) in [6.45, 7) is 0. The van der Waals surface area contributed by atoms with E-state index in [4.69, 9.17) is 28.8 Å². The molecule has 0 saturated heterocycles. The third kappa shape index (κ3) is 4.30. The molecule has 46 heavy (non-hydrogen) atoms. The molecule has 9 aromatic rings. The van der Waals surface area contributed by atoms with Crippen LogP contribution in [0.3, 0.4) is 0 Å². The second-order valence-corrected chi connectivity index (χ2v) is 9.75. The molecular formula is C46H30. The Balaban J connectivity index is 1.63. The highest BCUT2D eigenvalue weighted by Gasteiger charge is 2.18. The average molecular weight is 613 g/mol. The van der Waals surface area contributed by atoms with Crippen LogP contribution in [0.5, 0.6) is 0 Å². The van der Waals surface area contributed by atoms with Crippen LogP contribution < -0.4 is 0 Å². The second kappa shape index (κ2) is 10.9. The Morgan fingerprint density at radius 1 is 0.261 bits per heavy atom. The van der Waals surface area contributed by atoms with Gasteiger partial charge in [-0.15, -0.1) is 0 Å². The molecule has 0 atom stereocenters. The van der Waals surface area contributed by atoms with Crippen LogP contribution in [0.15, 0.2) is 181 Å². The van der Waals surface area contributed by atoms with Gasteiger partial charge in [0, 0.05) is 0 Å². The highest BCUT2D eigenvalue weighted by Crippen LogP contribution is 2.45. The van der Waals surface area contributed by atoms with E-state index in [1.807, 2.05) is 0 Å². The molecule has 0 aliphatic rings. The Hall–Kier alpha value is -5.98. The molecule has 0 unspecified atom stereocenters. The molecule has 0 aliphatic carbocycles. The third-order valence-corrected chi connectivity index (χ3v) is 7.25. The maximum absolute atomic E-state index is 10.1. The Morgan fingerprint density at radius 2 is 0.674 bits per heavy atom. The number of benzene rings is 9. The lowest BCUT2D eigenvalue weighted by molar-refractivity contribution is 1.63. The molecule has 0 heteroatoms. The largest absolute Gasteiger partial charge is 0.0636 e. The van der Waals surface area contributed by atoms with Crippen LogP contribution in [-0.2, 0) is 0 Å². The molecule has 214 valence electrons.